The Morgan fingerprint density at radius 3 is 2.56 bits per heavy atom. The summed E-state index contributed by atoms with van der Waals surface area (Å²) in [7, 11) is 3.08. The number of ether oxygens (including phenoxy) is 2. The van der Waals surface area contributed by atoms with Crippen LogP contribution in [-0.2, 0) is 0 Å². The standard InChI is InChI=1S/C14H13NO3/c1-17-10-6-7-11(13(9-10)18-2)14(16)12-5-3-4-8-15-12/h3-9H,1-2H3. The molecule has 2 rings (SSSR count). The van der Waals surface area contributed by atoms with Gasteiger partial charge in [0.1, 0.15) is 17.2 Å². The van der Waals surface area contributed by atoms with Gasteiger partial charge in [0.15, 0.2) is 0 Å². The van der Waals surface area contributed by atoms with Crippen LogP contribution in [0.25, 0.3) is 0 Å². The molecule has 0 spiro atoms. The number of carbonyl (C=O) groups is 1. The number of nitrogens with zero attached hydrogens (tertiary/aromatic N) is 1. The van der Waals surface area contributed by atoms with Gasteiger partial charge in [-0.1, -0.05) is 6.07 Å². The minimum absolute atomic E-state index is 0.171. The van der Waals surface area contributed by atoms with E-state index in [1.165, 1.54) is 7.11 Å². The minimum atomic E-state index is -0.171. The van der Waals surface area contributed by atoms with Crippen LogP contribution in [0.2, 0.25) is 0 Å². The summed E-state index contributed by atoms with van der Waals surface area (Å²) < 4.78 is 10.3. The first-order valence-electron chi connectivity index (χ1n) is 5.44. The van der Waals surface area contributed by atoms with E-state index in [4.69, 9.17) is 9.47 Å². The molecule has 92 valence electrons. The predicted molar refractivity (Wildman–Crippen MR) is 67.2 cm³/mol. The van der Waals surface area contributed by atoms with E-state index in [1.807, 2.05) is 0 Å². The summed E-state index contributed by atoms with van der Waals surface area (Å²) in [5.74, 6) is 0.949. The Morgan fingerprint density at radius 1 is 1.11 bits per heavy atom. The van der Waals surface area contributed by atoms with E-state index in [0.29, 0.717) is 22.8 Å². The number of ketones is 1. The number of benzene rings is 1. The van der Waals surface area contributed by atoms with Crippen LogP contribution in [0.5, 0.6) is 11.5 Å². The summed E-state index contributed by atoms with van der Waals surface area (Å²) in [5, 5.41) is 0. The van der Waals surface area contributed by atoms with Gasteiger partial charge in [-0.3, -0.25) is 9.78 Å². The fourth-order valence-corrected chi connectivity index (χ4v) is 1.62. The number of aromatic nitrogens is 1. The average molecular weight is 243 g/mol. The molecule has 0 unspecified atom stereocenters. The Morgan fingerprint density at radius 2 is 1.94 bits per heavy atom. The zero-order chi connectivity index (χ0) is 13.0. The van der Waals surface area contributed by atoms with Gasteiger partial charge in [0.05, 0.1) is 19.8 Å². The molecule has 0 saturated carbocycles. The van der Waals surface area contributed by atoms with Gasteiger partial charge in [0, 0.05) is 12.3 Å². The lowest BCUT2D eigenvalue weighted by atomic mass is 10.1. The maximum atomic E-state index is 12.2. The number of hydrogen-bond acceptors (Lipinski definition) is 4. The van der Waals surface area contributed by atoms with Crippen LogP contribution in [0.15, 0.2) is 42.6 Å². The number of hydrogen-bond donors (Lipinski definition) is 0. The molecule has 0 aliphatic carbocycles. The summed E-state index contributed by atoms with van der Waals surface area (Å²) in [6.45, 7) is 0. The largest absolute Gasteiger partial charge is 0.497 e. The third kappa shape index (κ3) is 2.32. The highest BCUT2D eigenvalue weighted by Gasteiger charge is 2.15. The van der Waals surface area contributed by atoms with Crippen LogP contribution < -0.4 is 9.47 Å². The summed E-state index contributed by atoms with van der Waals surface area (Å²) in [5.41, 5.74) is 0.859. The van der Waals surface area contributed by atoms with E-state index in [9.17, 15) is 4.79 Å². The van der Waals surface area contributed by atoms with Crippen molar-refractivity contribution in [1.82, 2.24) is 4.98 Å². The second kappa shape index (κ2) is 5.31. The van der Waals surface area contributed by atoms with Gasteiger partial charge < -0.3 is 9.47 Å². The van der Waals surface area contributed by atoms with Gasteiger partial charge >= 0.3 is 0 Å². The van der Waals surface area contributed by atoms with E-state index < -0.39 is 0 Å². The van der Waals surface area contributed by atoms with Crippen molar-refractivity contribution in [3.63, 3.8) is 0 Å². The molecule has 0 N–H and O–H groups in total. The Hall–Kier alpha value is -2.36. The van der Waals surface area contributed by atoms with Gasteiger partial charge in [-0.2, -0.15) is 0 Å². The molecule has 0 bridgehead atoms. The van der Waals surface area contributed by atoms with Crippen molar-refractivity contribution in [2.45, 2.75) is 0 Å². The molecule has 0 amide bonds. The molecule has 0 saturated heterocycles. The summed E-state index contributed by atoms with van der Waals surface area (Å²) in [6.07, 6.45) is 1.59. The molecular formula is C14H13NO3. The van der Waals surface area contributed by atoms with Crippen molar-refractivity contribution < 1.29 is 14.3 Å². The second-order valence-electron chi connectivity index (χ2n) is 3.61. The molecule has 0 radical (unpaired) electrons. The van der Waals surface area contributed by atoms with Crippen LogP contribution in [0, 0.1) is 0 Å². The first kappa shape index (κ1) is 12.1. The highest BCUT2D eigenvalue weighted by Crippen LogP contribution is 2.26. The summed E-state index contributed by atoms with van der Waals surface area (Å²) >= 11 is 0. The maximum absolute atomic E-state index is 12.2. The van der Waals surface area contributed by atoms with E-state index in [0.717, 1.165) is 0 Å². The Balaban J connectivity index is 2.42. The first-order valence-corrected chi connectivity index (χ1v) is 5.44. The van der Waals surface area contributed by atoms with Crippen LogP contribution in [0.1, 0.15) is 16.1 Å². The normalized spacial score (nSPS) is 9.89. The Labute approximate surface area is 105 Å². The molecule has 4 nitrogen and oxygen atoms in total. The van der Waals surface area contributed by atoms with Crippen LogP contribution >= 0.6 is 0 Å². The molecule has 1 aromatic heterocycles. The average Bonchev–Trinajstić information content (AvgIpc) is 2.46. The summed E-state index contributed by atoms with van der Waals surface area (Å²) in [6, 6.07) is 10.3. The van der Waals surface area contributed by atoms with Gasteiger partial charge in [0.2, 0.25) is 5.78 Å². The van der Waals surface area contributed by atoms with Crippen LogP contribution in [-0.4, -0.2) is 25.0 Å². The SMILES string of the molecule is COc1ccc(C(=O)c2ccccn2)c(OC)c1. The fourth-order valence-electron chi connectivity index (χ4n) is 1.62. The molecule has 18 heavy (non-hydrogen) atoms. The lowest BCUT2D eigenvalue weighted by Crippen LogP contribution is -2.06. The zero-order valence-corrected chi connectivity index (χ0v) is 10.2. The third-order valence-electron chi connectivity index (χ3n) is 2.55. The first-order chi connectivity index (χ1) is 8.76. The number of carbonyl (C=O) groups excluding carboxylic acids is 1. The van der Waals surface area contributed by atoms with E-state index in [2.05, 4.69) is 4.98 Å². The van der Waals surface area contributed by atoms with E-state index in [1.54, 1.807) is 49.7 Å². The molecule has 1 heterocycles. The number of methoxy groups -OCH3 is 2. The molecule has 0 atom stereocenters. The monoisotopic (exact) mass is 243 g/mol. The van der Waals surface area contributed by atoms with Crippen LogP contribution in [0.4, 0.5) is 0 Å². The molecule has 2 aromatic rings. The second-order valence-corrected chi connectivity index (χ2v) is 3.61. The maximum Gasteiger partial charge on any atom is 0.215 e. The highest BCUT2D eigenvalue weighted by molar-refractivity contribution is 6.09. The number of pyridine rings is 1. The Bertz CT molecular complexity index is 552. The van der Waals surface area contributed by atoms with Crippen molar-refractivity contribution >= 4 is 5.78 Å². The van der Waals surface area contributed by atoms with E-state index in [-0.39, 0.29) is 5.78 Å². The topological polar surface area (TPSA) is 48.4 Å². The third-order valence-corrected chi connectivity index (χ3v) is 2.55. The predicted octanol–water partition coefficient (Wildman–Crippen LogP) is 2.33. The van der Waals surface area contributed by atoms with Crippen molar-refractivity contribution in [2.75, 3.05) is 14.2 Å². The molecule has 4 heteroatoms. The van der Waals surface area contributed by atoms with Crippen molar-refractivity contribution in [3.05, 3.63) is 53.9 Å². The molecule has 0 fully saturated rings. The van der Waals surface area contributed by atoms with Gasteiger partial charge in [0.25, 0.3) is 0 Å². The molecule has 0 aliphatic heterocycles. The van der Waals surface area contributed by atoms with Gasteiger partial charge in [-0.15, -0.1) is 0 Å². The Kier molecular flexibility index (Phi) is 3.57. The van der Waals surface area contributed by atoms with Crippen molar-refractivity contribution in [3.8, 4) is 11.5 Å². The van der Waals surface area contributed by atoms with Crippen molar-refractivity contribution in [2.24, 2.45) is 0 Å². The fraction of sp³-hybridized carbons (Fsp3) is 0.143. The van der Waals surface area contributed by atoms with Crippen LogP contribution in [0.3, 0.4) is 0 Å². The quantitative estimate of drug-likeness (QED) is 0.773. The molecule has 0 aliphatic rings. The van der Waals surface area contributed by atoms with Crippen molar-refractivity contribution in [1.29, 1.82) is 0 Å². The minimum Gasteiger partial charge on any atom is -0.497 e. The lowest BCUT2D eigenvalue weighted by molar-refractivity contribution is 0.103. The zero-order valence-electron chi connectivity index (χ0n) is 10.2. The number of rotatable bonds is 4. The smallest absolute Gasteiger partial charge is 0.215 e. The van der Waals surface area contributed by atoms with Gasteiger partial charge in [-0.25, -0.2) is 0 Å². The van der Waals surface area contributed by atoms with Gasteiger partial charge in [-0.05, 0) is 24.3 Å². The van der Waals surface area contributed by atoms with E-state index >= 15 is 0 Å². The lowest BCUT2D eigenvalue weighted by Gasteiger charge is -2.09. The molecular weight excluding hydrogens is 230 g/mol. The highest BCUT2D eigenvalue weighted by atomic mass is 16.5. The summed E-state index contributed by atoms with van der Waals surface area (Å²) in [4.78, 5) is 16.3. The molecule has 1 aromatic carbocycles.